The lowest BCUT2D eigenvalue weighted by Crippen LogP contribution is -2.30. The van der Waals surface area contributed by atoms with Gasteiger partial charge >= 0.3 is 24.5 Å². The van der Waals surface area contributed by atoms with Gasteiger partial charge in [0.05, 0.1) is 35.9 Å². The summed E-state index contributed by atoms with van der Waals surface area (Å²) < 4.78 is 147. The Balaban J connectivity index is 1.38. The fraction of sp³-hybridized carbons (Fsp3) is 0.562. The Morgan fingerprint density at radius 2 is 1.53 bits per heavy atom. The molecule has 1 aromatic heterocycles. The van der Waals surface area contributed by atoms with Crippen molar-refractivity contribution in [2.75, 3.05) is 18.1 Å². The Bertz CT molecular complexity index is 1810. The van der Waals surface area contributed by atoms with E-state index in [1.807, 2.05) is 0 Å². The van der Waals surface area contributed by atoms with Gasteiger partial charge in [0.1, 0.15) is 0 Å². The van der Waals surface area contributed by atoms with Crippen LogP contribution in [0, 0.1) is 18.8 Å². The summed E-state index contributed by atoms with van der Waals surface area (Å²) in [4.78, 5) is 17.2. The van der Waals surface area contributed by atoms with E-state index < -0.39 is 57.3 Å². The molecule has 4 rings (SSSR count). The molecule has 0 saturated heterocycles. The van der Waals surface area contributed by atoms with Crippen molar-refractivity contribution in [2.24, 2.45) is 11.8 Å². The molecule has 3 aromatic rings. The number of halogens is 9. The number of aromatic nitrogens is 4. The average Bonchev–Trinajstić information content (AvgIpc) is 3.51. The molecule has 1 heterocycles. The Kier molecular flexibility index (Phi) is 13.1. The summed E-state index contributed by atoms with van der Waals surface area (Å²) >= 11 is 0. The van der Waals surface area contributed by atoms with E-state index in [-0.39, 0.29) is 66.5 Å². The zero-order valence-corrected chi connectivity index (χ0v) is 29.4. The lowest BCUT2D eigenvalue weighted by atomic mass is 9.80. The largest absolute Gasteiger partial charge is 0.416 e. The first-order chi connectivity index (χ1) is 24.5. The second-order valence-corrected chi connectivity index (χ2v) is 14.6. The van der Waals surface area contributed by atoms with Crippen LogP contribution in [-0.4, -0.2) is 47.4 Å². The third-order valence-electron chi connectivity index (χ3n) is 8.78. The molecule has 21 heteroatoms. The first-order valence-electron chi connectivity index (χ1n) is 16.3. The summed E-state index contributed by atoms with van der Waals surface area (Å²) in [6, 6.07) is 3.27. The lowest BCUT2D eigenvalue weighted by molar-refractivity contribution is -0.212. The predicted molar refractivity (Wildman–Crippen MR) is 170 cm³/mol. The molecule has 0 radical (unpaired) electrons. The number of benzene rings is 2. The van der Waals surface area contributed by atoms with Gasteiger partial charge in [0.15, 0.2) is 0 Å². The van der Waals surface area contributed by atoms with Crippen molar-refractivity contribution in [1.82, 2.24) is 25.5 Å². The van der Waals surface area contributed by atoms with Crippen molar-refractivity contribution < 1.29 is 61.9 Å². The standard InChI is InChI=1S/C32H37F9N6O5S/c1-18-10-26(19(2)42-16-21-6-4-20(5-7-21)13-28(48)51-52-53(3,49)50)23(14-27(18)32(39,40)41)17-43-29-44-46-47(45-29)9-8-22-11-24(30(33,34)35)15-25(12-22)31(36,37)38/h10-12,14-15,19-21,42H,4-9,13,16-17H2,1-3H3,(H,43,45). The van der Waals surface area contributed by atoms with Crippen LogP contribution in [0.1, 0.15) is 84.0 Å². The van der Waals surface area contributed by atoms with Crippen LogP contribution in [-0.2, 0) is 62.2 Å². The summed E-state index contributed by atoms with van der Waals surface area (Å²) in [5, 5.41) is 17.7. The minimum atomic E-state index is -5.01. The fourth-order valence-electron chi connectivity index (χ4n) is 6.08. The maximum absolute atomic E-state index is 13.9. The van der Waals surface area contributed by atoms with E-state index >= 15 is 0 Å². The van der Waals surface area contributed by atoms with Gasteiger partial charge in [-0.25, -0.2) is 4.79 Å². The summed E-state index contributed by atoms with van der Waals surface area (Å²) in [6.45, 7) is 3.24. The van der Waals surface area contributed by atoms with Gasteiger partial charge in [0.25, 0.3) is 16.1 Å². The number of carbonyl (C=O) groups is 1. The van der Waals surface area contributed by atoms with Gasteiger partial charge in [-0.2, -0.15) is 52.7 Å². The van der Waals surface area contributed by atoms with Crippen molar-refractivity contribution in [2.45, 2.75) is 90.0 Å². The molecule has 2 N–H and O–H groups in total. The molecule has 0 amide bonds. The molecule has 294 valence electrons. The molecule has 1 aliphatic carbocycles. The SMILES string of the molecule is Cc1cc(C(C)NCC2CCC(CC(=O)OOS(C)(=O)=O)CC2)c(CNc2nnn(CCc3cc(C(F)(F)F)cc(C(F)(F)F)c3)n2)cc1C(F)(F)F. The van der Waals surface area contributed by atoms with E-state index in [0.29, 0.717) is 37.1 Å². The van der Waals surface area contributed by atoms with E-state index in [1.54, 1.807) is 6.92 Å². The monoisotopic (exact) mass is 788 g/mol. The number of rotatable bonds is 14. The van der Waals surface area contributed by atoms with Gasteiger partial charge < -0.3 is 10.6 Å². The third kappa shape index (κ3) is 12.5. The second-order valence-electron chi connectivity index (χ2n) is 13.0. The molecule has 1 atom stereocenters. The minimum Gasteiger partial charge on any atom is -0.348 e. The highest BCUT2D eigenvalue weighted by Gasteiger charge is 2.37. The number of carbonyl (C=O) groups excluding carboxylic acids is 1. The number of tetrazole rings is 1. The van der Waals surface area contributed by atoms with E-state index in [9.17, 15) is 52.7 Å². The van der Waals surface area contributed by atoms with Crippen LogP contribution >= 0.6 is 0 Å². The summed E-state index contributed by atoms with van der Waals surface area (Å²) in [7, 11) is -3.93. The van der Waals surface area contributed by atoms with Crippen molar-refractivity contribution in [1.29, 1.82) is 0 Å². The predicted octanol–water partition coefficient (Wildman–Crippen LogP) is 7.17. The van der Waals surface area contributed by atoms with Crippen molar-refractivity contribution >= 4 is 22.0 Å². The third-order valence-corrected chi connectivity index (χ3v) is 9.10. The quantitative estimate of drug-likeness (QED) is 0.0983. The minimum absolute atomic E-state index is 0.00416. The topological polar surface area (TPSA) is 137 Å². The molecule has 1 fully saturated rings. The zero-order valence-electron chi connectivity index (χ0n) is 28.6. The van der Waals surface area contributed by atoms with Crippen LogP contribution in [0.3, 0.4) is 0 Å². The normalized spacial score (nSPS) is 17.8. The van der Waals surface area contributed by atoms with Gasteiger partial charge in [-0.15, -0.1) is 5.10 Å². The zero-order chi connectivity index (χ0) is 39.4. The molecule has 1 aliphatic rings. The molecule has 0 aliphatic heterocycles. The maximum atomic E-state index is 13.9. The highest BCUT2D eigenvalue weighted by molar-refractivity contribution is 7.85. The Labute approximate surface area is 298 Å². The number of alkyl halides is 9. The highest BCUT2D eigenvalue weighted by atomic mass is 32.2. The fourth-order valence-corrected chi connectivity index (χ4v) is 6.27. The molecule has 0 spiro atoms. The van der Waals surface area contributed by atoms with E-state index in [1.165, 1.54) is 13.0 Å². The van der Waals surface area contributed by atoms with E-state index in [2.05, 4.69) is 35.3 Å². The number of hydrogen-bond donors (Lipinski definition) is 2. The number of nitrogens with zero attached hydrogens (tertiary/aromatic N) is 4. The number of hydrogen-bond acceptors (Lipinski definition) is 10. The molecular weight excluding hydrogens is 751 g/mol. The molecule has 53 heavy (non-hydrogen) atoms. The van der Waals surface area contributed by atoms with Crippen molar-refractivity contribution in [3.05, 3.63) is 69.3 Å². The van der Waals surface area contributed by atoms with Gasteiger partial charge in [0.2, 0.25) is 0 Å². The number of nitrogens with one attached hydrogen (secondary N) is 2. The first-order valence-corrected chi connectivity index (χ1v) is 18.1. The Morgan fingerprint density at radius 3 is 2.09 bits per heavy atom. The molecule has 1 unspecified atom stereocenters. The molecule has 1 saturated carbocycles. The summed E-state index contributed by atoms with van der Waals surface area (Å²) in [6.07, 6.45) is -11.4. The van der Waals surface area contributed by atoms with Crippen molar-refractivity contribution in [3.8, 4) is 0 Å². The average molecular weight is 789 g/mol. The first kappa shape index (κ1) is 41.8. The summed E-state index contributed by atoms with van der Waals surface area (Å²) in [5.41, 5.74) is -3.20. The van der Waals surface area contributed by atoms with Crippen molar-refractivity contribution in [3.63, 3.8) is 0 Å². The van der Waals surface area contributed by atoms with Gasteiger partial charge in [-0.05, 0) is 116 Å². The lowest BCUT2D eigenvalue weighted by Gasteiger charge is -2.29. The maximum Gasteiger partial charge on any atom is 0.416 e. The molecule has 2 aromatic carbocycles. The van der Waals surface area contributed by atoms with Crippen LogP contribution in [0.4, 0.5) is 45.5 Å². The van der Waals surface area contributed by atoms with Crippen LogP contribution < -0.4 is 10.6 Å². The van der Waals surface area contributed by atoms with Crippen LogP contribution in [0.15, 0.2) is 30.3 Å². The van der Waals surface area contributed by atoms with Gasteiger partial charge in [-0.3, -0.25) is 4.89 Å². The van der Waals surface area contributed by atoms with Crippen LogP contribution in [0.25, 0.3) is 0 Å². The number of aryl methyl sites for hydroxylation is 3. The van der Waals surface area contributed by atoms with Gasteiger partial charge in [-0.1, -0.05) is 15.5 Å². The smallest absolute Gasteiger partial charge is 0.348 e. The number of anilines is 1. The van der Waals surface area contributed by atoms with Crippen LogP contribution in [0.2, 0.25) is 0 Å². The molecular formula is C32H37F9N6O5S. The Morgan fingerprint density at radius 1 is 0.925 bits per heavy atom. The molecule has 0 bridgehead atoms. The Hall–Kier alpha value is -3.98. The highest BCUT2D eigenvalue weighted by Crippen LogP contribution is 2.38. The van der Waals surface area contributed by atoms with E-state index in [4.69, 9.17) is 0 Å². The molecule has 11 nitrogen and oxygen atoms in total. The van der Waals surface area contributed by atoms with Gasteiger partial charge in [0, 0.05) is 12.6 Å². The van der Waals surface area contributed by atoms with E-state index in [0.717, 1.165) is 30.0 Å². The second kappa shape index (κ2) is 16.6. The summed E-state index contributed by atoms with van der Waals surface area (Å²) in [5.74, 6) is -0.747. The van der Waals surface area contributed by atoms with Crippen LogP contribution in [0.5, 0.6) is 0 Å².